The highest BCUT2D eigenvalue weighted by molar-refractivity contribution is 5.49. The molecule has 0 saturated carbocycles. The second-order valence-corrected chi connectivity index (χ2v) is 2.54. The van der Waals surface area contributed by atoms with E-state index in [1.165, 1.54) is 18.2 Å². The van der Waals surface area contributed by atoms with E-state index in [2.05, 4.69) is 0 Å². The molecule has 1 aromatic rings. The van der Waals surface area contributed by atoms with Crippen molar-refractivity contribution in [3.8, 4) is 11.5 Å². The quantitative estimate of drug-likeness (QED) is 0.546. The second-order valence-electron chi connectivity index (χ2n) is 2.54. The van der Waals surface area contributed by atoms with Crippen molar-refractivity contribution >= 4 is 5.69 Å². The highest BCUT2D eigenvalue weighted by atomic mass is 16.6. The van der Waals surface area contributed by atoms with Crippen LogP contribution in [-0.4, -0.2) is 23.2 Å². The van der Waals surface area contributed by atoms with Crippen LogP contribution in [0.4, 0.5) is 5.69 Å². The van der Waals surface area contributed by atoms with Crippen molar-refractivity contribution < 1.29 is 14.8 Å². The number of ether oxygens (including phenoxy) is 1. The lowest BCUT2D eigenvalue weighted by Gasteiger charge is -2.04. The molecular weight excluding hydrogens is 188 g/mol. The van der Waals surface area contributed by atoms with Gasteiger partial charge in [-0.25, -0.2) is 0 Å². The highest BCUT2D eigenvalue weighted by Crippen LogP contribution is 2.29. The molecule has 0 heterocycles. The topological polar surface area (TPSA) is 98.6 Å². The Labute approximate surface area is 80.1 Å². The number of phenols is 1. The maximum atomic E-state index is 10.3. The summed E-state index contributed by atoms with van der Waals surface area (Å²) in [5, 5.41) is 19.5. The average Bonchev–Trinajstić information content (AvgIpc) is 2.14. The summed E-state index contributed by atoms with van der Waals surface area (Å²) in [7, 11) is 0. The third-order valence-electron chi connectivity index (χ3n) is 1.53. The van der Waals surface area contributed by atoms with Crippen LogP contribution in [-0.2, 0) is 0 Å². The Kier molecular flexibility index (Phi) is 3.24. The molecule has 6 nitrogen and oxygen atoms in total. The molecule has 14 heavy (non-hydrogen) atoms. The Hall–Kier alpha value is -1.82. The van der Waals surface area contributed by atoms with E-state index in [0.717, 1.165) is 0 Å². The van der Waals surface area contributed by atoms with Gasteiger partial charge in [0.2, 0.25) is 0 Å². The summed E-state index contributed by atoms with van der Waals surface area (Å²) in [5.41, 5.74) is 4.85. The second kappa shape index (κ2) is 4.43. The Morgan fingerprint density at radius 2 is 2.29 bits per heavy atom. The van der Waals surface area contributed by atoms with E-state index in [1.54, 1.807) is 0 Å². The molecule has 1 rings (SSSR count). The number of nitro benzene ring substituents is 1. The molecule has 0 spiro atoms. The number of aromatic hydroxyl groups is 1. The number of nitro groups is 1. The molecule has 0 atom stereocenters. The lowest BCUT2D eigenvalue weighted by atomic mass is 10.3. The molecule has 0 aliphatic carbocycles. The van der Waals surface area contributed by atoms with Crippen molar-refractivity contribution in [3.05, 3.63) is 28.3 Å². The van der Waals surface area contributed by atoms with Gasteiger partial charge in [0.25, 0.3) is 0 Å². The van der Waals surface area contributed by atoms with Gasteiger partial charge in [-0.1, -0.05) is 0 Å². The first kappa shape index (κ1) is 10.3. The molecule has 0 amide bonds. The minimum Gasteiger partial charge on any atom is -0.502 e. The molecule has 76 valence electrons. The van der Waals surface area contributed by atoms with Crippen LogP contribution < -0.4 is 10.5 Å². The lowest BCUT2D eigenvalue weighted by Crippen LogP contribution is -2.10. The van der Waals surface area contributed by atoms with E-state index in [-0.39, 0.29) is 5.69 Å². The average molecular weight is 198 g/mol. The fourth-order valence-corrected chi connectivity index (χ4v) is 0.924. The van der Waals surface area contributed by atoms with Gasteiger partial charge in [-0.15, -0.1) is 0 Å². The van der Waals surface area contributed by atoms with Crippen LogP contribution >= 0.6 is 0 Å². The van der Waals surface area contributed by atoms with Crippen molar-refractivity contribution in [1.82, 2.24) is 0 Å². The van der Waals surface area contributed by atoms with Gasteiger partial charge in [0.05, 0.1) is 4.92 Å². The summed E-state index contributed by atoms with van der Waals surface area (Å²) in [4.78, 5) is 9.67. The van der Waals surface area contributed by atoms with Crippen LogP contribution in [0, 0.1) is 10.1 Å². The van der Waals surface area contributed by atoms with E-state index >= 15 is 0 Å². The zero-order chi connectivity index (χ0) is 10.6. The number of phenolic OH excluding ortho intramolecular Hbond substituents is 1. The zero-order valence-corrected chi connectivity index (χ0v) is 7.34. The fraction of sp³-hybridized carbons (Fsp3) is 0.250. The molecular formula is C8H10N2O4. The first-order valence-corrected chi connectivity index (χ1v) is 3.95. The van der Waals surface area contributed by atoms with Crippen LogP contribution in [0.1, 0.15) is 0 Å². The van der Waals surface area contributed by atoms with E-state index in [1.807, 2.05) is 0 Å². The molecule has 3 N–H and O–H groups in total. The number of benzene rings is 1. The van der Waals surface area contributed by atoms with Gasteiger partial charge in [-0.05, 0) is 6.07 Å². The van der Waals surface area contributed by atoms with E-state index in [0.29, 0.717) is 18.9 Å². The van der Waals surface area contributed by atoms with Crippen LogP contribution in [0.5, 0.6) is 11.5 Å². The SMILES string of the molecule is NCCOc1ccc([N+](=O)[O-])c(O)c1. The molecule has 0 aromatic heterocycles. The Balaban J connectivity index is 2.83. The van der Waals surface area contributed by atoms with Gasteiger partial charge in [-0.3, -0.25) is 10.1 Å². The molecule has 0 aliphatic rings. The number of hydrogen-bond donors (Lipinski definition) is 2. The van der Waals surface area contributed by atoms with Crippen molar-refractivity contribution in [3.63, 3.8) is 0 Å². The minimum absolute atomic E-state index is 0.303. The van der Waals surface area contributed by atoms with Crippen molar-refractivity contribution in [2.75, 3.05) is 13.2 Å². The molecule has 0 bridgehead atoms. The van der Waals surface area contributed by atoms with Crippen molar-refractivity contribution in [1.29, 1.82) is 0 Å². The molecule has 6 heteroatoms. The Bertz CT molecular complexity index is 340. The number of nitrogens with zero attached hydrogens (tertiary/aromatic N) is 1. The zero-order valence-electron chi connectivity index (χ0n) is 7.34. The van der Waals surface area contributed by atoms with E-state index in [4.69, 9.17) is 10.5 Å². The fourth-order valence-electron chi connectivity index (χ4n) is 0.924. The predicted molar refractivity (Wildman–Crippen MR) is 49.3 cm³/mol. The summed E-state index contributed by atoms with van der Waals surface area (Å²) in [6, 6.07) is 3.78. The maximum absolute atomic E-state index is 10.3. The molecule has 0 radical (unpaired) electrons. The third-order valence-corrected chi connectivity index (χ3v) is 1.53. The van der Waals surface area contributed by atoms with Crippen LogP contribution in [0.25, 0.3) is 0 Å². The maximum Gasteiger partial charge on any atom is 0.310 e. The predicted octanol–water partition coefficient (Wildman–Crippen LogP) is 0.638. The molecule has 0 saturated heterocycles. The van der Waals surface area contributed by atoms with E-state index < -0.39 is 10.7 Å². The molecule has 0 aliphatic heterocycles. The normalized spacial score (nSPS) is 9.79. The summed E-state index contributed by atoms with van der Waals surface area (Å²) in [6.45, 7) is 0.648. The van der Waals surface area contributed by atoms with E-state index in [9.17, 15) is 15.2 Å². The minimum atomic E-state index is -0.665. The summed E-state index contributed by atoms with van der Waals surface area (Å²) in [5.74, 6) is -0.0527. The van der Waals surface area contributed by atoms with Gasteiger partial charge < -0.3 is 15.6 Å². The first-order valence-electron chi connectivity index (χ1n) is 3.95. The standard InChI is InChI=1S/C8H10N2O4/c9-3-4-14-6-1-2-7(10(12)13)8(11)5-6/h1-2,5,11H,3-4,9H2. The van der Waals surface area contributed by atoms with Crippen LogP contribution in [0.2, 0.25) is 0 Å². The molecule has 1 aromatic carbocycles. The van der Waals surface area contributed by atoms with Gasteiger partial charge >= 0.3 is 5.69 Å². The molecule has 0 unspecified atom stereocenters. The molecule has 0 fully saturated rings. The van der Waals surface area contributed by atoms with Crippen molar-refractivity contribution in [2.24, 2.45) is 5.73 Å². The van der Waals surface area contributed by atoms with Crippen LogP contribution in [0.3, 0.4) is 0 Å². The van der Waals surface area contributed by atoms with Gasteiger partial charge in [0.15, 0.2) is 5.75 Å². The van der Waals surface area contributed by atoms with Gasteiger partial charge in [-0.2, -0.15) is 0 Å². The lowest BCUT2D eigenvalue weighted by molar-refractivity contribution is -0.385. The van der Waals surface area contributed by atoms with Gasteiger partial charge in [0, 0.05) is 18.7 Å². The number of rotatable bonds is 4. The largest absolute Gasteiger partial charge is 0.502 e. The van der Waals surface area contributed by atoms with Crippen LogP contribution in [0.15, 0.2) is 18.2 Å². The van der Waals surface area contributed by atoms with Gasteiger partial charge in [0.1, 0.15) is 12.4 Å². The summed E-state index contributed by atoms with van der Waals surface area (Å²) in [6.07, 6.45) is 0. The smallest absolute Gasteiger partial charge is 0.310 e. The summed E-state index contributed by atoms with van der Waals surface area (Å²) >= 11 is 0. The number of nitrogens with two attached hydrogens (primary N) is 1. The summed E-state index contributed by atoms with van der Waals surface area (Å²) < 4.78 is 5.06. The third kappa shape index (κ3) is 2.33. The monoisotopic (exact) mass is 198 g/mol. The Morgan fingerprint density at radius 3 is 2.79 bits per heavy atom. The number of hydrogen-bond acceptors (Lipinski definition) is 5. The highest BCUT2D eigenvalue weighted by Gasteiger charge is 2.12. The Morgan fingerprint density at radius 1 is 1.57 bits per heavy atom. The first-order chi connectivity index (χ1) is 6.65. The van der Waals surface area contributed by atoms with Crippen molar-refractivity contribution in [2.45, 2.75) is 0 Å².